The molecule has 168 valence electrons. The normalized spacial score (nSPS) is 11.5. The Balaban J connectivity index is 2.25. The van der Waals surface area contributed by atoms with Gasteiger partial charge in [0.25, 0.3) is 0 Å². The number of nitrogens with two attached hydrogens (primary N) is 2. The second kappa shape index (κ2) is 6.69. The summed E-state index contributed by atoms with van der Waals surface area (Å²) in [5.41, 5.74) is 11.3. The third-order valence-corrected chi connectivity index (χ3v) is 6.09. The summed E-state index contributed by atoms with van der Waals surface area (Å²) >= 11 is 0. The van der Waals surface area contributed by atoms with Crippen molar-refractivity contribution < 1.29 is 39.6 Å². The number of nitrogen functional groups attached to an aromatic ring is 2. The lowest BCUT2D eigenvalue weighted by Gasteiger charge is -2.21. The van der Waals surface area contributed by atoms with E-state index >= 15 is 0 Å². The largest absolute Gasteiger partial charge is 0.478 e. The van der Waals surface area contributed by atoms with E-state index in [0.29, 0.717) is 10.8 Å². The number of aromatic carboxylic acids is 4. The fourth-order valence-electron chi connectivity index (χ4n) is 4.86. The second-order valence-electron chi connectivity index (χ2n) is 7.82. The Morgan fingerprint density at radius 3 is 1.18 bits per heavy atom. The van der Waals surface area contributed by atoms with Crippen LogP contribution in [0.1, 0.15) is 41.4 Å². The van der Waals surface area contributed by atoms with Gasteiger partial charge in [0.05, 0.1) is 22.3 Å². The van der Waals surface area contributed by atoms with Gasteiger partial charge in [-0.25, -0.2) is 19.2 Å². The Labute approximate surface area is 188 Å². The van der Waals surface area contributed by atoms with Crippen molar-refractivity contribution in [2.24, 2.45) is 0 Å². The van der Waals surface area contributed by atoms with Crippen molar-refractivity contribution in [2.75, 3.05) is 11.5 Å². The molecule has 10 nitrogen and oxygen atoms in total. The van der Waals surface area contributed by atoms with Gasteiger partial charge in [-0.3, -0.25) is 0 Å². The summed E-state index contributed by atoms with van der Waals surface area (Å²) in [7, 11) is 0. The van der Waals surface area contributed by atoms with Crippen LogP contribution in [0.5, 0.6) is 0 Å². The Bertz CT molecular complexity index is 1670. The van der Waals surface area contributed by atoms with Crippen LogP contribution in [-0.4, -0.2) is 44.3 Å². The fraction of sp³-hybridized carbons (Fsp3) is 0. The van der Waals surface area contributed by atoms with Crippen molar-refractivity contribution in [2.45, 2.75) is 0 Å². The zero-order valence-electron chi connectivity index (χ0n) is 17.0. The highest BCUT2D eigenvalue weighted by Crippen LogP contribution is 2.48. The van der Waals surface area contributed by atoms with Crippen LogP contribution >= 0.6 is 0 Å². The number of rotatable bonds is 4. The molecule has 5 aromatic carbocycles. The van der Waals surface area contributed by atoms with E-state index < -0.39 is 23.9 Å². The number of carboxylic acid groups (broad SMARTS) is 4. The summed E-state index contributed by atoms with van der Waals surface area (Å²) in [5, 5.41) is 40.6. The number of hydrogen-bond donors (Lipinski definition) is 6. The zero-order valence-corrected chi connectivity index (χ0v) is 17.0. The SMILES string of the molecule is Nc1cc(C(=O)O)c2c(C(=O)O)cc(N)c3c4ccc(C(=O)O)c5c(C(=O)O)ccc(c1c23)c54. The first kappa shape index (κ1) is 20.8. The second-order valence-corrected chi connectivity index (χ2v) is 7.82. The molecule has 0 saturated carbocycles. The molecule has 0 aromatic heterocycles. The molecule has 0 saturated heterocycles. The van der Waals surface area contributed by atoms with Gasteiger partial charge in [0.2, 0.25) is 0 Å². The van der Waals surface area contributed by atoms with Gasteiger partial charge in [-0.05, 0) is 40.4 Å². The van der Waals surface area contributed by atoms with E-state index in [0.717, 1.165) is 12.1 Å². The average molecular weight is 458 g/mol. The first-order valence-electron chi connectivity index (χ1n) is 9.76. The molecule has 10 heteroatoms. The van der Waals surface area contributed by atoms with Crippen molar-refractivity contribution in [3.8, 4) is 0 Å². The van der Waals surface area contributed by atoms with Crippen LogP contribution in [-0.2, 0) is 0 Å². The number of carbonyl (C=O) groups is 4. The Hall–Kier alpha value is -5.12. The summed E-state index contributed by atoms with van der Waals surface area (Å²) in [6.45, 7) is 0. The van der Waals surface area contributed by atoms with Gasteiger partial charge in [0, 0.05) is 38.3 Å². The maximum atomic E-state index is 12.0. The smallest absolute Gasteiger partial charge is 0.336 e. The van der Waals surface area contributed by atoms with Crippen molar-refractivity contribution in [3.05, 3.63) is 58.7 Å². The molecule has 0 spiro atoms. The van der Waals surface area contributed by atoms with Crippen LogP contribution < -0.4 is 11.5 Å². The van der Waals surface area contributed by atoms with Crippen molar-refractivity contribution in [3.63, 3.8) is 0 Å². The molecule has 0 amide bonds. The molecule has 5 aromatic rings. The van der Waals surface area contributed by atoms with Crippen LogP contribution in [0.3, 0.4) is 0 Å². The molecule has 0 aliphatic carbocycles. The number of anilines is 2. The third-order valence-electron chi connectivity index (χ3n) is 6.09. The monoisotopic (exact) mass is 458 g/mol. The molecular formula is C24H14N2O8. The number of fused-ring (bicyclic) bond motifs is 2. The molecule has 0 bridgehead atoms. The number of carboxylic acids is 4. The summed E-state index contributed by atoms with van der Waals surface area (Å²) in [6, 6.07) is 7.63. The van der Waals surface area contributed by atoms with E-state index in [4.69, 9.17) is 11.5 Å². The average Bonchev–Trinajstić information content (AvgIpc) is 2.76. The van der Waals surface area contributed by atoms with Gasteiger partial charge in [-0.15, -0.1) is 0 Å². The van der Waals surface area contributed by atoms with Gasteiger partial charge in [-0.2, -0.15) is 0 Å². The molecule has 0 fully saturated rings. The van der Waals surface area contributed by atoms with Crippen LogP contribution in [0.15, 0.2) is 36.4 Å². The van der Waals surface area contributed by atoms with E-state index in [-0.39, 0.29) is 65.9 Å². The highest BCUT2D eigenvalue weighted by molar-refractivity contribution is 6.41. The summed E-state index contributed by atoms with van der Waals surface area (Å²) in [5.74, 6) is -5.47. The molecule has 0 atom stereocenters. The molecule has 0 aliphatic rings. The lowest BCUT2D eigenvalue weighted by molar-refractivity contribution is 0.0681. The molecule has 5 rings (SSSR count). The lowest BCUT2D eigenvalue weighted by atomic mass is 9.83. The predicted octanol–water partition coefficient (Wildman–Crippen LogP) is 3.69. The quantitative estimate of drug-likeness (QED) is 0.131. The van der Waals surface area contributed by atoms with Gasteiger partial charge in [-0.1, -0.05) is 12.1 Å². The Morgan fingerprint density at radius 1 is 0.471 bits per heavy atom. The highest BCUT2D eigenvalue weighted by Gasteiger charge is 2.28. The minimum absolute atomic E-state index is 0.0103. The molecule has 8 N–H and O–H groups in total. The van der Waals surface area contributed by atoms with Crippen molar-refractivity contribution >= 4 is 78.3 Å². The first-order valence-corrected chi connectivity index (χ1v) is 9.76. The maximum absolute atomic E-state index is 12.0. The predicted molar refractivity (Wildman–Crippen MR) is 124 cm³/mol. The van der Waals surface area contributed by atoms with Crippen LogP contribution in [0.2, 0.25) is 0 Å². The summed E-state index contributed by atoms with van der Waals surface area (Å²) in [6.07, 6.45) is 0. The summed E-state index contributed by atoms with van der Waals surface area (Å²) < 4.78 is 0. The first-order chi connectivity index (χ1) is 16.0. The third kappa shape index (κ3) is 2.50. The topological polar surface area (TPSA) is 201 Å². The van der Waals surface area contributed by atoms with Crippen LogP contribution in [0, 0.1) is 0 Å². The molecule has 0 radical (unpaired) electrons. The minimum atomic E-state index is -1.39. The van der Waals surface area contributed by atoms with E-state index in [9.17, 15) is 39.6 Å². The lowest BCUT2D eigenvalue weighted by Crippen LogP contribution is -2.09. The van der Waals surface area contributed by atoms with Gasteiger partial charge in [0.1, 0.15) is 0 Å². The van der Waals surface area contributed by atoms with E-state index in [1.807, 2.05) is 0 Å². The van der Waals surface area contributed by atoms with Gasteiger partial charge >= 0.3 is 23.9 Å². The molecule has 0 aliphatic heterocycles. The Morgan fingerprint density at radius 2 is 0.824 bits per heavy atom. The van der Waals surface area contributed by atoms with Crippen LogP contribution in [0.4, 0.5) is 11.4 Å². The highest BCUT2D eigenvalue weighted by atomic mass is 16.4. The molecule has 0 unspecified atom stereocenters. The van der Waals surface area contributed by atoms with Gasteiger partial charge in [0.15, 0.2) is 0 Å². The van der Waals surface area contributed by atoms with Crippen LogP contribution in [0.25, 0.3) is 43.1 Å². The summed E-state index contributed by atoms with van der Waals surface area (Å²) in [4.78, 5) is 48.0. The standard InChI is InChI=1S/C24H14N2O8/c25-13-5-11(23(31)32)17-12(24(33)34)6-14(26)19-8-2-4-10(22(29)30)16-9(21(27)28)3-1-7(15(8)16)18(13)20(17)19/h1-6H,25-26H2,(H,27,28)(H,29,30)(H,31,32)(H,33,34). The van der Waals surface area contributed by atoms with E-state index in [1.54, 1.807) is 0 Å². The van der Waals surface area contributed by atoms with Crippen molar-refractivity contribution in [1.82, 2.24) is 0 Å². The number of benzene rings is 5. The van der Waals surface area contributed by atoms with E-state index in [1.165, 1.54) is 24.3 Å². The van der Waals surface area contributed by atoms with Crippen molar-refractivity contribution in [1.29, 1.82) is 0 Å². The maximum Gasteiger partial charge on any atom is 0.336 e. The minimum Gasteiger partial charge on any atom is -0.478 e. The molecule has 0 heterocycles. The van der Waals surface area contributed by atoms with Gasteiger partial charge < -0.3 is 31.9 Å². The molecular weight excluding hydrogens is 444 g/mol. The number of hydrogen-bond acceptors (Lipinski definition) is 6. The fourth-order valence-corrected chi connectivity index (χ4v) is 4.86. The van der Waals surface area contributed by atoms with E-state index in [2.05, 4.69) is 0 Å². The zero-order chi connectivity index (χ0) is 24.6. The Kier molecular flexibility index (Phi) is 4.08. The molecule has 34 heavy (non-hydrogen) atoms.